The molecule has 0 saturated heterocycles. The Morgan fingerprint density at radius 3 is 2.61 bits per heavy atom. The van der Waals surface area contributed by atoms with Gasteiger partial charge in [-0.05, 0) is 59.8 Å². The van der Waals surface area contributed by atoms with Crippen LogP contribution in [0.4, 0.5) is 8.78 Å². The van der Waals surface area contributed by atoms with Crippen molar-refractivity contribution in [2.24, 2.45) is 5.73 Å². The number of nitrogens with zero attached hydrogens (tertiary/aromatic N) is 2. The predicted molar refractivity (Wildman–Crippen MR) is 92.6 cm³/mol. The molecule has 4 nitrogen and oxygen atoms in total. The van der Waals surface area contributed by atoms with Crippen molar-refractivity contribution in [3.63, 3.8) is 0 Å². The summed E-state index contributed by atoms with van der Waals surface area (Å²) < 4.78 is 28.9. The summed E-state index contributed by atoms with van der Waals surface area (Å²) in [6.07, 6.45) is 0. The van der Waals surface area contributed by atoms with E-state index in [0.717, 1.165) is 6.07 Å². The highest BCUT2D eigenvalue weighted by molar-refractivity contribution is 14.1. The van der Waals surface area contributed by atoms with E-state index in [4.69, 9.17) is 5.73 Å². The molecule has 0 radical (unpaired) electrons. The van der Waals surface area contributed by atoms with Crippen molar-refractivity contribution < 1.29 is 8.78 Å². The van der Waals surface area contributed by atoms with Gasteiger partial charge in [-0.1, -0.05) is 6.07 Å². The third kappa shape index (κ3) is 2.86. The number of benzene rings is 2. The van der Waals surface area contributed by atoms with E-state index in [1.807, 2.05) is 22.6 Å². The van der Waals surface area contributed by atoms with Gasteiger partial charge in [-0.25, -0.2) is 13.8 Å². The van der Waals surface area contributed by atoms with E-state index in [-0.39, 0.29) is 11.2 Å². The molecule has 3 aromatic rings. The van der Waals surface area contributed by atoms with Gasteiger partial charge in [0, 0.05) is 3.57 Å². The molecule has 7 heteroatoms. The molecule has 1 heterocycles. The number of hydrogen-bond donors (Lipinski definition) is 1. The molecule has 3 rings (SSSR count). The molecule has 0 aliphatic rings. The molecule has 0 saturated carbocycles. The number of rotatable bonds is 2. The van der Waals surface area contributed by atoms with Crippen molar-refractivity contribution in [3.05, 3.63) is 67.8 Å². The van der Waals surface area contributed by atoms with Crippen molar-refractivity contribution in [2.75, 3.05) is 0 Å². The summed E-state index contributed by atoms with van der Waals surface area (Å²) in [5, 5.41) is 0.128. The number of fused-ring (bicyclic) bond motifs is 1. The van der Waals surface area contributed by atoms with Gasteiger partial charge in [0.15, 0.2) is 0 Å². The van der Waals surface area contributed by atoms with Gasteiger partial charge in [0.05, 0.1) is 22.6 Å². The average Bonchev–Trinajstić information content (AvgIpc) is 2.47. The second-order valence-electron chi connectivity index (χ2n) is 5.16. The maximum Gasteiger partial charge on any atom is 0.266 e. The van der Waals surface area contributed by atoms with Crippen LogP contribution in [-0.4, -0.2) is 9.55 Å². The third-order valence-electron chi connectivity index (χ3n) is 3.39. The largest absolute Gasteiger partial charge is 0.322 e. The number of nitrogens with two attached hydrogens (primary N) is 1. The number of halogens is 3. The zero-order valence-electron chi connectivity index (χ0n) is 12.1. The first-order valence-corrected chi connectivity index (χ1v) is 7.89. The van der Waals surface area contributed by atoms with E-state index in [9.17, 15) is 13.6 Å². The smallest absolute Gasteiger partial charge is 0.266 e. The Balaban J connectivity index is 2.47. The Morgan fingerprint density at radius 2 is 1.96 bits per heavy atom. The van der Waals surface area contributed by atoms with Gasteiger partial charge >= 0.3 is 0 Å². The van der Waals surface area contributed by atoms with E-state index < -0.39 is 23.2 Å². The Kier molecular flexibility index (Phi) is 4.15. The molecule has 0 unspecified atom stereocenters. The van der Waals surface area contributed by atoms with Crippen LogP contribution in [0.1, 0.15) is 18.8 Å². The second-order valence-corrected chi connectivity index (χ2v) is 6.33. The second kappa shape index (κ2) is 5.97. The van der Waals surface area contributed by atoms with Crippen LogP contribution < -0.4 is 11.3 Å². The van der Waals surface area contributed by atoms with E-state index in [2.05, 4.69) is 4.98 Å². The molecular formula is C16H12F2IN3O. The van der Waals surface area contributed by atoms with E-state index in [1.165, 1.54) is 28.8 Å². The molecule has 23 heavy (non-hydrogen) atoms. The van der Waals surface area contributed by atoms with Crippen molar-refractivity contribution in [2.45, 2.75) is 13.0 Å². The Labute approximate surface area is 144 Å². The summed E-state index contributed by atoms with van der Waals surface area (Å²) in [6, 6.07) is 7.43. The molecule has 0 fully saturated rings. The lowest BCUT2D eigenvalue weighted by molar-refractivity contribution is 0.622. The van der Waals surface area contributed by atoms with Gasteiger partial charge in [-0.15, -0.1) is 0 Å². The molecular weight excluding hydrogens is 415 g/mol. The summed E-state index contributed by atoms with van der Waals surface area (Å²) in [4.78, 5) is 17.3. The fourth-order valence-corrected chi connectivity index (χ4v) is 3.11. The summed E-state index contributed by atoms with van der Waals surface area (Å²) in [5.74, 6) is -0.725. The molecule has 118 valence electrons. The monoisotopic (exact) mass is 427 g/mol. The van der Waals surface area contributed by atoms with Crippen molar-refractivity contribution in [1.82, 2.24) is 9.55 Å². The van der Waals surface area contributed by atoms with Crippen LogP contribution in [0.15, 0.2) is 41.2 Å². The predicted octanol–water partition coefficient (Wildman–Crippen LogP) is 3.29. The van der Waals surface area contributed by atoms with Crippen LogP contribution >= 0.6 is 22.6 Å². The summed E-state index contributed by atoms with van der Waals surface area (Å²) in [7, 11) is 0. The minimum Gasteiger partial charge on any atom is -0.322 e. The van der Waals surface area contributed by atoms with Gasteiger partial charge in [0.1, 0.15) is 17.5 Å². The number of aromatic nitrogens is 2. The topological polar surface area (TPSA) is 60.9 Å². The maximum absolute atomic E-state index is 13.7. The van der Waals surface area contributed by atoms with Crippen LogP contribution in [-0.2, 0) is 0 Å². The fraction of sp³-hybridized carbons (Fsp3) is 0.125. The van der Waals surface area contributed by atoms with Crippen LogP contribution in [0.25, 0.3) is 16.6 Å². The molecule has 2 aromatic carbocycles. The molecule has 0 bridgehead atoms. The zero-order chi connectivity index (χ0) is 16.7. The minimum absolute atomic E-state index is 0.128. The summed E-state index contributed by atoms with van der Waals surface area (Å²) in [5.41, 5.74) is 6.14. The normalized spacial score (nSPS) is 12.6. The maximum atomic E-state index is 13.7. The van der Waals surface area contributed by atoms with E-state index in [1.54, 1.807) is 13.0 Å². The highest BCUT2D eigenvalue weighted by Crippen LogP contribution is 2.22. The highest BCUT2D eigenvalue weighted by atomic mass is 127. The van der Waals surface area contributed by atoms with Crippen molar-refractivity contribution >= 4 is 33.5 Å². The molecule has 0 aliphatic carbocycles. The van der Waals surface area contributed by atoms with Crippen LogP contribution in [0, 0.1) is 15.2 Å². The van der Waals surface area contributed by atoms with Gasteiger partial charge in [-0.2, -0.15) is 0 Å². The minimum atomic E-state index is -0.559. The van der Waals surface area contributed by atoms with Crippen LogP contribution in [0.2, 0.25) is 0 Å². The van der Waals surface area contributed by atoms with Gasteiger partial charge < -0.3 is 5.73 Å². The molecule has 2 N–H and O–H groups in total. The molecule has 1 aromatic heterocycles. The quantitative estimate of drug-likeness (QED) is 0.639. The first kappa shape index (κ1) is 16.0. The summed E-state index contributed by atoms with van der Waals surface area (Å²) >= 11 is 1.92. The molecule has 0 amide bonds. The first-order chi connectivity index (χ1) is 10.9. The van der Waals surface area contributed by atoms with Crippen molar-refractivity contribution in [1.29, 1.82) is 0 Å². The SMILES string of the molecule is C[C@H](N)c1nc2c(I)cc(F)cc2c(=O)n1-c1cccc(F)c1. The lowest BCUT2D eigenvalue weighted by Gasteiger charge is -2.16. The Morgan fingerprint density at radius 1 is 1.22 bits per heavy atom. The van der Waals surface area contributed by atoms with E-state index in [0.29, 0.717) is 14.8 Å². The standard InChI is InChI=1S/C16H12F2IN3O/c1-8(20)15-21-14-12(6-10(18)7-13(14)19)16(23)22(15)11-4-2-3-9(17)5-11/h2-8H,20H2,1H3/t8-/m0/s1. The molecule has 0 spiro atoms. The Hall–Kier alpha value is -1.87. The van der Waals surface area contributed by atoms with E-state index >= 15 is 0 Å². The average molecular weight is 427 g/mol. The lowest BCUT2D eigenvalue weighted by atomic mass is 10.2. The number of hydrogen-bond acceptors (Lipinski definition) is 3. The third-order valence-corrected chi connectivity index (χ3v) is 4.21. The zero-order valence-corrected chi connectivity index (χ0v) is 14.2. The molecule has 0 aliphatic heterocycles. The Bertz CT molecular complexity index is 969. The molecule has 1 atom stereocenters. The van der Waals surface area contributed by atoms with Crippen molar-refractivity contribution in [3.8, 4) is 5.69 Å². The van der Waals surface area contributed by atoms with Gasteiger partial charge in [0.25, 0.3) is 5.56 Å². The highest BCUT2D eigenvalue weighted by Gasteiger charge is 2.18. The van der Waals surface area contributed by atoms with Gasteiger partial charge in [-0.3, -0.25) is 9.36 Å². The lowest BCUT2D eigenvalue weighted by Crippen LogP contribution is -2.28. The fourth-order valence-electron chi connectivity index (χ4n) is 2.40. The van der Waals surface area contributed by atoms with Crippen LogP contribution in [0.5, 0.6) is 0 Å². The van der Waals surface area contributed by atoms with Crippen LogP contribution in [0.3, 0.4) is 0 Å². The van der Waals surface area contributed by atoms with Gasteiger partial charge in [0.2, 0.25) is 0 Å². The summed E-state index contributed by atoms with van der Waals surface area (Å²) in [6.45, 7) is 1.68. The first-order valence-electron chi connectivity index (χ1n) is 6.81.